The number of hydrogen-bond acceptors (Lipinski definition) is 7. The van der Waals surface area contributed by atoms with Crippen molar-refractivity contribution in [2.45, 2.75) is 26.2 Å². The summed E-state index contributed by atoms with van der Waals surface area (Å²) in [6.07, 6.45) is 8.90. The SMILES string of the molecule is CC(C)(C)c1cnc(C=Cc2cnc(-c3ccnnc3N)s2)o1. The molecular formula is C16H17N5OS. The van der Waals surface area contributed by atoms with Gasteiger partial charge in [-0.25, -0.2) is 9.97 Å². The third kappa shape index (κ3) is 3.45. The van der Waals surface area contributed by atoms with Crippen molar-refractivity contribution in [1.29, 1.82) is 0 Å². The second-order valence-electron chi connectivity index (χ2n) is 6.04. The Labute approximate surface area is 138 Å². The van der Waals surface area contributed by atoms with Crippen LogP contribution >= 0.6 is 11.3 Å². The molecule has 0 bridgehead atoms. The second-order valence-corrected chi connectivity index (χ2v) is 7.11. The number of hydrogen-bond donors (Lipinski definition) is 1. The molecule has 0 atom stereocenters. The first kappa shape index (κ1) is 15.4. The maximum atomic E-state index is 5.82. The van der Waals surface area contributed by atoms with Crippen LogP contribution in [0.5, 0.6) is 0 Å². The fourth-order valence-electron chi connectivity index (χ4n) is 1.88. The van der Waals surface area contributed by atoms with Gasteiger partial charge in [0.25, 0.3) is 0 Å². The molecule has 23 heavy (non-hydrogen) atoms. The first-order valence-corrected chi connectivity index (χ1v) is 7.93. The highest BCUT2D eigenvalue weighted by molar-refractivity contribution is 7.16. The standard InChI is InChI=1S/C16H17N5OS/c1-16(2,3)12-9-18-13(22-12)5-4-10-8-19-15(23-10)11-6-7-20-21-14(11)17/h4-9H,1-3H3,(H2,17,21). The molecular weight excluding hydrogens is 310 g/mol. The van der Waals surface area contributed by atoms with Gasteiger partial charge >= 0.3 is 0 Å². The van der Waals surface area contributed by atoms with Crippen molar-refractivity contribution < 1.29 is 4.42 Å². The lowest BCUT2D eigenvalue weighted by Crippen LogP contribution is -2.09. The molecule has 2 N–H and O–H groups in total. The van der Waals surface area contributed by atoms with Gasteiger partial charge in [-0.05, 0) is 12.1 Å². The zero-order valence-corrected chi connectivity index (χ0v) is 14.0. The Morgan fingerprint density at radius 3 is 2.70 bits per heavy atom. The third-order valence-electron chi connectivity index (χ3n) is 3.16. The molecule has 118 valence electrons. The minimum atomic E-state index is -0.0530. The molecule has 3 aromatic heterocycles. The number of nitrogen functional groups attached to an aromatic ring is 1. The molecule has 3 heterocycles. The topological polar surface area (TPSA) is 90.7 Å². The second kappa shape index (κ2) is 5.92. The van der Waals surface area contributed by atoms with E-state index in [0.29, 0.717) is 11.7 Å². The van der Waals surface area contributed by atoms with E-state index in [4.69, 9.17) is 10.2 Å². The molecule has 0 amide bonds. The Morgan fingerprint density at radius 2 is 2.00 bits per heavy atom. The largest absolute Gasteiger partial charge is 0.441 e. The van der Waals surface area contributed by atoms with Crippen LogP contribution in [0.25, 0.3) is 22.7 Å². The van der Waals surface area contributed by atoms with Crippen LogP contribution in [0.15, 0.2) is 29.1 Å². The molecule has 0 spiro atoms. The lowest BCUT2D eigenvalue weighted by atomic mass is 9.94. The molecule has 0 unspecified atom stereocenters. The zero-order valence-electron chi connectivity index (χ0n) is 13.1. The molecule has 0 aliphatic rings. The van der Waals surface area contributed by atoms with Crippen molar-refractivity contribution in [1.82, 2.24) is 20.2 Å². The lowest BCUT2D eigenvalue weighted by Gasteiger charge is -2.12. The van der Waals surface area contributed by atoms with Gasteiger partial charge in [0.05, 0.1) is 18.0 Å². The highest BCUT2D eigenvalue weighted by Crippen LogP contribution is 2.29. The highest BCUT2D eigenvalue weighted by atomic mass is 32.1. The molecule has 0 saturated heterocycles. The van der Waals surface area contributed by atoms with Crippen molar-refractivity contribution in [2.75, 3.05) is 5.73 Å². The zero-order chi connectivity index (χ0) is 16.4. The van der Waals surface area contributed by atoms with Gasteiger partial charge in [-0.15, -0.1) is 16.4 Å². The quantitative estimate of drug-likeness (QED) is 0.790. The van der Waals surface area contributed by atoms with Crippen molar-refractivity contribution in [3.63, 3.8) is 0 Å². The van der Waals surface area contributed by atoms with Crippen LogP contribution < -0.4 is 5.73 Å². The Balaban J connectivity index is 1.79. The van der Waals surface area contributed by atoms with Gasteiger partial charge in [0, 0.05) is 22.6 Å². The molecule has 6 nitrogen and oxygen atoms in total. The average molecular weight is 327 g/mol. The molecule has 0 saturated carbocycles. The molecule has 0 aliphatic carbocycles. The average Bonchev–Trinajstić information content (AvgIpc) is 3.14. The van der Waals surface area contributed by atoms with E-state index in [2.05, 4.69) is 40.9 Å². The van der Waals surface area contributed by atoms with E-state index in [9.17, 15) is 0 Å². The minimum absolute atomic E-state index is 0.0530. The number of anilines is 1. The van der Waals surface area contributed by atoms with E-state index in [-0.39, 0.29) is 5.41 Å². The molecule has 3 aromatic rings. The maximum Gasteiger partial charge on any atom is 0.218 e. The highest BCUT2D eigenvalue weighted by Gasteiger charge is 2.18. The van der Waals surface area contributed by atoms with Crippen molar-refractivity contribution in [3.05, 3.63) is 41.2 Å². The number of thiazole rings is 1. The minimum Gasteiger partial charge on any atom is -0.441 e. The molecule has 0 aliphatic heterocycles. The summed E-state index contributed by atoms with van der Waals surface area (Å²) < 4.78 is 5.73. The van der Waals surface area contributed by atoms with E-state index in [1.165, 1.54) is 11.3 Å². The fraction of sp³-hybridized carbons (Fsp3) is 0.250. The Morgan fingerprint density at radius 1 is 1.17 bits per heavy atom. The summed E-state index contributed by atoms with van der Waals surface area (Å²) in [5, 5.41) is 8.38. The first-order valence-electron chi connectivity index (χ1n) is 7.11. The van der Waals surface area contributed by atoms with Gasteiger partial charge in [0.15, 0.2) is 5.82 Å². The summed E-state index contributed by atoms with van der Waals surface area (Å²) in [5.74, 6) is 1.81. The normalized spacial score (nSPS) is 12.1. The molecule has 0 fully saturated rings. The Bertz CT molecular complexity index is 844. The summed E-state index contributed by atoms with van der Waals surface area (Å²) >= 11 is 1.52. The molecule has 3 rings (SSSR count). The molecule has 7 heteroatoms. The van der Waals surface area contributed by atoms with Gasteiger partial charge in [0.1, 0.15) is 10.8 Å². The monoisotopic (exact) mass is 327 g/mol. The summed E-state index contributed by atoms with van der Waals surface area (Å²) in [4.78, 5) is 9.62. The summed E-state index contributed by atoms with van der Waals surface area (Å²) in [6.45, 7) is 6.26. The lowest BCUT2D eigenvalue weighted by molar-refractivity contribution is 0.403. The van der Waals surface area contributed by atoms with E-state index in [1.807, 2.05) is 12.2 Å². The predicted octanol–water partition coefficient (Wildman–Crippen LogP) is 3.64. The van der Waals surface area contributed by atoms with Crippen LogP contribution in [0, 0.1) is 0 Å². The van der Waals surface area contributed by atoms with Crippen molar-refractivity contribution in [2.24, 2.45) is 0 Å². The van der Waals surface area contributed by atoms with E-state index >= 15 is 0 Å². The van der Waals surface area contributed by atoms with Crippen LogP contribution in [-0.4, -0.2) is 20.2 Å². The van der Waals surface area contributed by atoms with E-state index < -0.39 is 0 Å². The van der Waals surface area contributed by atoms with Crippen LogP contribution in [0.2, 0.25) is 0 Å². The maximum absolute atomic E-state index is 5.82. The van der Waals surface area contributed by atoms with Gasteiger partial charge in [-0.3, -0.25) is 0 Å². The number of aromatic nitrogens is 4. The van der Waals surface area contributed by atoms with E-state index in [0.717, 1.165) is 21.2 Å². The number of rotatable bonds is 3. The molecule has 0 radical (unpaired) electrons. The summed E-state index contributed by atoms with van der Waals surface area (Å²) in [7, 11) is 0. The van der Waals surface area contributed by atoms with Crippen LogP contribution in [0.4, 0.5) is 5.82 Å². The van der Waals surface area contributed by atoms with Gasteiger partial charge in [0.2, 0.25) is 5.89 Å². The smallest absolute Gasteiger partial charge is 0.218 e. The van der Waals surface area contributed by atoms with Crippen LogP contribution in [0.3, 0.4) is 0 Å². The number of nitrogens with two attached hydrogens (primary N) is 1. The van der Waals surface area contributed by atoms with Crippen LogP contribution in [0.1, 0.15) is 37.3 Å². The Hall–Kier alpha value is -2.54. The first-order chi connectivity index (χ1) is 10.9. The van der Waals surface area contributed by atoms with Crippen molar-refractivity contribution >= 4 is 29.3 Å². The van der Waals surface area contributed by atoms with Crippen molar-refractivity contribution in [3.8, 4) is 10.6 Å². The molecule has 0 aromatic carbocycles. The summed E-state index contributed by atoms with van der Waals surface area (Å²) in [5.41, 5.74) is 6.56. The van der Waals surface area contributed by atoms with Crippen LogP contribution in [-0.2, 0) is 5.41 Å². The summed E-state index contributed by atoms with van der Waals surface area (Å²) in [6, 6.07) is 1.80. The third-order valence-corrected chi connectivity index (χ3v) is 4.15. The fourth-order valence-corrected chi connectivity index (χ4v) is 2.73. The number of oxazole rings is 1. The Kier molecular flexibility index (Phi) is 3.96. The van der Waals surface area contributed by atoms with E-state index in [1.54, 1.807) is 24.7 Å². The van der Waals surface area contributed by atoms with Gasteiger partial charge in [-0.1, -0.05) is 20.8 Å². The van der Waals surface area contributed by atoms with Gasteiger partial charge < -0.3 is 10.2 Å². The van der Waals surface area contributed by atoms with Gasteiger partial charge in [-0.2, -0.15) is 5.10 Å². The predicted molar refractivity (Wildman–Crippen MR) is 91.7 cm³/mol. The number of nitrogens with zero attached hydrogens (tertiary/aromatic N) is 4.